The minimum atomic E-state index is -3.99. The van der Waals surface area contributed by atoms with E-state index in [1.807, 2.05) is 67.1 Å². The Kier molecular flexibility index (Phi) is 8.71. The number of nitrogens with one attached hydrogen (secondary N) is 1. The molecular formula is C34H29Cl2N5O5S. The summed E-state index contributed by atoms with van der Waals surface area (Å²) in [4.78, 5) is 16.4. The fraction of sp³-hybridized carbons (Fsp3) is 0.147. The molecule has 2 heterocycles. The van der Waals surface area contributed by atoms with Gasteiger partial charge in [-0.05, 0) is 65.4 Å². The molecule has 47 heavy (non-hydrogen) atoms. The fourth-order valence-corrected chi connectivity index (χ4v) is 7.05. The van der Waals surface area contributed by atoms with Gasteiger partial charge in [0.05, 0.1) is 27.5 Å². The van der Waals surface area contributed by atoms with Gasteiger partial charge in [-0.3, -0.25) is 10.1 Å². The number of anilines is 1. The molecule has 0 saturated carbocycles. The first-order chi connectivity index (χ1) is 22.4. The van der Waals surface area contributed by atoms with Crippen molar-refractivity contribution >= 4 is 44.8 Å². The zero-order chi connectivity index (χ0) is 33.5. The molecule has 0 aliphatic carbocycles. The molecule has 0 amide bonds. The van der Waals surface area contributed by atoms with E-state index in [1.165, 1.54) is 0 Å². The maximum absolute atomic E-state index is 12.5. The van der Waals surface area contributed by atoms with Crippen LogP contribution in [0.5, 0.6) is 0 Å². The van der Waals surface area contributed by atoms with Crippen molar-refractivity contribution in [3.63, 3.8) is 0 Å². The van der Waals surface area contributed by atoms with Crippen LogP contribution in [-0.2, 0) is 23.1 Å². The van der Waals surface area contributed by atoms with Crippen molar-refractivity contribution < 1.29 is 18.4 Å². The highest BCUT2D eigenvalue weighted by atomic mass is 35.5. The molecule has 5 aromatic rings. The maximum atomic E-state index is 12.5. The summed E-state index contributed by atoms with van der Waals surface area (Å²) in [5.74, 6) is 0.453. The van der Waals surface area contributed by atoms with Crippen LogP contribution in [0.1, 0.15) is 30.8 Å². The second-order valence-corrected chi connectivity index (χ2v) is 13.9. The Balaban J connectivity index is 1.36. The third-order valence-corrected chi connectivity index (χ3v) is 9.49. The zero-order valence-electron chi connectivity index (χ0n) is 25.3. The van der Waals surface area contributed by atoms with E-state index >= 15 is 0 Å². The lowest BCUT2D eigenvalue weighted by atomic mass is 9.96. The monoisotopic (exact) mass is 689 g/mol. The van der Waals surface area contributed by atoms with E-state index < -0.39 is 16.1 Å². The topological polar surface area (TPSA) is 131 Å². The number of aliphatic hydroxyl groups excluding tert-OH is 1. The highest BCUT2D eigenvalue weighted by molar-refractivity contribution is 7.91. The van der Waals surface area contributed by atoms with Crippen molar-refractivity contribution in [2.75, 3.05) is 4.31 Å². The molecular weight excluding hydrogens is 661 g/mol. The summed E-state index contributed by atoms with van der Waals surface area (Å²) in [6.07, 6.45) is 3.93. The average Bonchev–Trinajstić information content (AvgIpc) is 3.55. The zero-order valence-corrected chi connectivity index (χ0v) is 27.6. The lowest BCUT2D eigenvalue weighted by molar-refractivity contribution is -0.385. The van der Waals surface area contributed by atoms with Crippen LogP contribution in [0.25, 0.3) is 28.1 Å². The molecule has 240 valence electrons. The molecule has 10 nitrogen and oxygen atoms in total. The number of hydrogen-bond acceptors (Lipinski definition) is 6. The smallest absolute Gasteiger partial charge is 0.330 e. The summed E-state index contributed by atoms with van der Waals surface area (Å²) in [5.41, 5.74) is 5.54. The second-order valence-electron chi connectivity index (χ2n) is 11.5. The van der Waals surface area contributed by atoms with Gasteiger partial charge < -0.3 is 9.67 Å². The fourth-order valence-electron chi connectivity index (χ4n) is 5.50. The van der Waals surface area contributed by atoms with Crippen LogP contribution in [0.15, 0.2) is 103 Å². The molecule has 13 heteroatoms. The Bertz CT molecular complexity index is 2150. The van der Waals surface area contributed by atoms with Gasteiger partial charge in [-0.1, -0.05) is 79.5 Å². The van der Waals surface area contributed by atoms with Gasteiger partial charge in [-0.25, -0.2) is 14.0 Å². The molecule has 4 aromatic carbocycles. The van der Waals surface area contributed by atoms with Gasteiger partial charge in [-0.2, -0.15) is 8.42 Å². The van der Waals surface area contributed by atoms with E-state index in [0.29, 0.717) is 62.8 Å². The van der Waals surface area contributed by atoms with Crippen LogP contribution in [0.4, 0.5) is 11.4 Å². The summed E-state index contributed by atoms with van der Waals surface area (Å²) < 4.78 is 30.0. The quantitative estimate of drug-likeness (QED) is 0.118. The van der Waals surface area contributed by atoms with Crippen LogP contribution in [0.3, 0.4) is 0 Å². The summed E-state index contributed by atoms with van der Waals surface area (Å²) in [7, 11) is -3.99. The van der Waals surface area contributed by atoms with E-state index in [2.05, 4.69) is 4.72 Å². The highest BCUT2D eigenvalue weighted by Crippen LogP contribution is 2.33. The molecule has 0 radical (unpaired) electrons. The number of halogens is 2. The van der Waals surface area contributed by atoms with Gasteiger partial charge in [0.15, 0.2) is 0 Å². The Morgan fingerprint density at radius 3 is 2.34 bits per heavy atom. The van der Waals surface area contributed by atoms with E-state index in [4.69, 9.17) is 28.2 Å². The standard InChI is InChI=1S/C34H29Cl2N5O5S/c1-21(2)14-25-11-10-24(16-32(25)41(43)44)23-8-6-22(7-9-23)15-33-37-31(29-13-12-26(35)17-30(29)36)19-39(33)27-4-3-5-28(18-27)40-20-34(42)38-47(40,45)46/h3-13,16-21,38,42H,14-15H2,1-2H3. The number of aromatic nitrogens is 2. The number of nitro benzene ring substituents is 1. The Hall–Kier alpha value is -4.84. The number of benzene rings is 4. The summed E-state index contributed by atoms with van der Waals surface area (Å²) >= 11 is 12.7. The average molecular weight is 691 g/mol. The Morgan fingerprint density at radius 2 is 1.68 bits per heavy atom. The van der Waals surface area contributed by atoms with Crippen molar-refractivity contribution in [3.8, 4) is 28.1 Å². The van der Waals surface area contributed by atoms with Crippen LogP contribution < -0.4 is 9.03 Å². The van der Waals surface area contributed by atoms with Gasteiger partial charge in [-0.15, -0.1) is 0 Å². The van der Waals surface area contributed by atoms with Crippen molar-refractivity contribution in [2.45, 2.75) is 26.7 Å². The molecule has 6 rings (SSSR count). The summed E-state index contributed by atoms with van der Waals surface area (Å²) in [5, 5.41) is 22.5. The molecule has 0 fully saturated rings. The number of hydrogen-bond donors (Lipinski definition) is 2. The minimum absolute atomic E-state index is 0.112. The predicted octanol–water partition coefficient (Wildman–Crippen LogP) is 8.22. The molecule has 0 spiro atoms. The molecule has 0 bridgehead atoms. The second kappa shape index (κ2) is 12.7. The Morgan fingerprint density at radius 1 is 0.957 bits per heavy atom. The first kappa shape index (κ1) is 32.1. The largest absolute Gasteiger partial charge is 0.493 e. The van der Waals surface area contributed by atoms with E-state index in [9.17, 15) is 23.6 Å². The summed E-state index contributed by atoms with van der Waals surface area (Å²) in [6.45, 7) is 4.06. The lowest BCUT2D eigenvalue weighted by Crippen LogP contribution is -2.29. The molecule has 1 aliphatic rings. The first-order valence-corrected chi connectivity index (χ1v) is 16.8. The number of nitro groups is 1. The van der Waals surface area contributed by atoms with Gasteiger partial charge >= 0.3 is 10.2 Å². The van der Waals surface area contributed by atoms with Crippen LogP contribution in [0.2, 0.25) is 10.0 Å². The Labute approximate surface area is 281 Å². The lowest BCUT2D eigenvalue weighted by Gasteiger charge is -2.16. The predicted molar refractivity (Wildman–Crippen MR) is 184 cm³/mol. The van der Waals surface area contributed by atoms with Gasteiger partial charge in [0.1, 0.15) is 5.82 Å². The highest BCUT2D eigenvalue weighted by Gasteiger charge is 2.29. The molecule has 1 aromatic heterocycles. The minimum Gasteiger partial charge on any atom is -0.493 e. The first-order valence-electron chi connectivity index (χ1n) is 14.6. The summed E-state index contributed by atoms with van der Waals surface area (Å²) in [6, 6.07) is 25.1. The molecule has 0 unspecified atom stereocenters. The van der Waals surface area contributed by atoms with E-state index in [1.54, 1.807) is 42.5 Å². The van der Waals surface area contributed by atoms with Crippen LogP contribution in [-0.4, -0.2) is 28.0 Å². The maximum Gasteiger partial charge on any atom is 0.330 e. The third-order valence-electron chi connectivity index (χ3n) is 7.64. The molecule has 0 atom stereocenters. The SMILES string of the molecule is CC(C)Cc1ccc(-c2ccc(Cc3nc(-c4ccc(Cl)cc4Cl)cn3-c3cccc(N4C=C(O)NS4(=O)=O)c3)cc2)cc1[N+](=O)[O-]. The number of nitrogens with zero attached hydrogens (tertiary/aromatic N) is 4. The van der Waals surface area contributed by atoms with Gasteiger partial charge in [0, 0.05) is 40.5 Å². The van der Waals surface area contributed by atoms with Gasteiger partial charge in [0.25, 0.3) is 5.69 Å². The van der Waals surface area contributed by atoms with Crippen molar-refractivity contribution in [3.05, 3.63) is 140 Å². The molecule has 1 aliphatic heterocycles. The van der Waals surface area contributed by atoms with Crippen LogP contribution in [0, 0.1) is 16.0 Å². The molecule has 2 N–H and O–H groups in total. The normalized spacial score (nSPS) is 13.9. The van der Waals surface area contributed by atoms with Crippen molar-refractivity contribution in [1.29, 1.82) is 0 Å². The van der Waals surface area contributed by atoms with Crippen LogP contribution >= 0.6 is 23.2 Å². The van der Waals surface area contributed by atoms with Gasteiger partial charge in [0.2, 0.25) is 5.88 Å². The number of imidazole rings is 1. The van der Waals surface area contributed by atoms with E-state index in [0.717, 1.165) is 27.2 Å². The number of rotatable bonds is 9. The molecule has 0 saturated heterocycles. The number of aliphatic hydroxyl groups is 1. The van der Waals surface area contributed by atoms with Crippen molar-refractivity contribution in [2.24, 2.45) is 5.92 Å². The van der Waals surface area contributed by atoms with Crippen molar-refractivity contribution in [1.82, 2.24) is 14.3 Å². The van der Waals surface area contributed by atoms with E-state index in [-0.39, 0.29) is 10.6 Å². The third kappa shape index (κ3) is 6.83.